The van der Waals surface area contributed by atoms with Crippen LogP contribution in [0.3, 0.4) is 0 Å². The van der Waals surface area contributed by atoms with Gasteiger partial charge in [-0.1, -0.05) is 18.2 Å². The number of carbonyl (C=O) groups excluding carboxylic acids is 2. The predicted octanol–water partition coefficient (Wildman–Crippen LogP) is 4.23. The van der Waals surface area contributed by atoms with E-state index in [0.29, 0.717) is 29.4 Å². The Bertz CT molecular complexity index is 1570. The summed E-state index contributed by atoms with van der Waals surface area (Å²) in [6.45, 7) is 12.0. The fourth-order valence-electron chi connectivity index (χ4n) is 5.08. The maximum Gasteiger partial charge on any atom is 0.337 e. The van der Waals surface area contributed by atoms with Gasteiger partial charge in [0.2, 0.25) is 0 Å². The lowest BCUT2D eigenvalue weighted by Crippen LogP contribution is -2.45. The Balaban J connectivity index is 1.44. The van der Waals surface area contributed by atoms with Gasteiger partial charge in [0.25, 0.3) is 0 Å². The Morgan fingerprint density at radius 1 is 1.12 bits per heavy atom. The molecule has 11 nitrogen and oxygen atoms in total. The van der Waals surface area contributed by atoms with Gasteiger partial charge in [0.15, 0.2) is 17.7 Å². The Morgan fingerprint density at radius 2 is 1.88 bits per heavy atom. The number of aromatic nitrogens is 1. The third kappa shape index (κ3) is 6.83. The largest absolute Gasteiger partial charge is 0.490 e. The second-order valence-electron chi connectivity index (χ2n) is 10.3. The highest BCUT2D eigenvalue weighted by atomic mass is 16.5. The number of nitrogens with one attached hydrogen (secondary N) is 3. The van der Waals surface area contributed by atoms with Crippen molar-refractivity contribution < 1.29 is 28.9 Å². The first kappa shape index (κ1) is 31.2. The average Bonchev–Trinajstić information content (AvgIpc) is 3.25. The van der Waals surface area contributed by atoms with Gasteiger partial charge in [0.05, 0.1) is 31.5 Å². The van der Waals surface area contributed by atoms with E-state index in [1.54, 1.807) is 31.3 Å². The molecule has 0 fully saturated rings. The quantitative estimate of drug-likeness (QED) is 0.114. The molecule has 1 aliphatic heterocycles. The molecule has 3 aromatic rings. The van der Waals surface area contributed by atoms with Crippen LogP contribution in [0, 0.1) is 27.7 Å². The van der Waals surface area contributed by atoms with Crippen molar-refractivity contribution in [2.45, 2.75) is 53.8 Å². The fraction of sp³-hybridized carbons (Fsp3) is 0.344. The summed E-state index contributed by atoms with van der Waals surface area (Å²) in [6, 6.07) is 12.2. The first-order valence-corrected chi connectivity index (χ1v) is 14.0. The Morgan fingerprint density at radius 3 is 2.60 bits per heavy atom. The highest BCUT2D eigenvalue weighted by Crippen LogP contribution is 2.35. The number of aliphatic hydroxyl groups excluding tert-OH is 1. The van der Waals surface area contributed by atoms with Gasteiger partial charge in [-0.3, -0.25) is 5.43 Å². The summed E-state index contributed by atoms with van der Waals surface area (Å²) in [5.74, 6) is 0.215. The average molecular weight is 590 g/mol. The van der Waals surface area contributed by atoms with Crippen LogP contribution in [0.15, 0.2) is 58.8 Å². The second kappa shape index (κ2) is 13.5. The molecular weight excluding hydrogens is 550 g/mol. The van der Waals surface area contributed by atoms with Crippen LogP contribution in [-0.4, -0.2) is 54.4 Å². The van der Waals surface area contributed by atoms with Gasteiger partial charge in [0, 0.05) is 28.3 Å². The topological polar surface area (TPSA) is 135 Å². The molecule has 0 unspecified atom stereocenters. The number of rotatable bonds is 11. The van der Waals surface area contributed by atoms with Crippen molar-refractivity contribution in [3.05, 3.63) is 87.4 Å². The van der Waals surface area contributed by atoms with Crippen molar-refractivity contribution >= 4 is 18.2 Å². The number of hydrogen-bond acceptors (Lipinski definition) is 8. The van der Waals surface area contributed by atoms with Crippen molar-refractivity contribution in [2.75, 3.05) is 20.3 Å². The number of aryl methyl sites for hydroxylation is 2. The zero-order chi connectivity index (χ0) is 31.3. The summed E-state index contributed by atoms with van der Waals surface area (Å²) >= 11 is 0. The number of nitrogens with zero attached hydrogens (tertiary/aromatic N) is 2. The number of hydrogen-bond donors (Lipinski definition) is 4. The van der Waals surface area contributed by atoms with Crippen LogP contribution < -0.4 is 25.5 Å². The Hall–Kier alpha value is -4.77. The number of amides is 2. The minimum absolute atomic E-state index is 0.116. The van der Waals surface area contributed by atoms with E-state index < -0.39 is 24.3 Å². The number of esters is 1. The summed E-state index contributed by atoms with van der Waals surface area (Å²) in [5, 5.41) is 20.1. The highest BCUT2D eigenvalue weighted by Gasteiger charge is 2.32. The highest BCUT2D eigenvalue weighted by molar-refractivity contribution is 5.95. The van der Waals surface area contributed by atoms with Crippen LogP contribution in [0.5, 0.6) is 11.5 Å². The molecule has 0 radical (unpaired) electrons. The maximum atomic E-state index is 12.5. The second-order valence-corrected chi connectivity index (χ2v) is 10.3. The SMILES string of the molecule is CCOc1cc([C@@H]2NC(=O)NC(C)=C2C(=O)OC)ccc1OC[C@@H](O)N/N=C\c1cc(C)n(-c2cccc(C)c2C)c1C. The lowest BCUT2D eigenvalue weighted by molar-refractivity contribution is -0.136. The number of hydrazone groups is 1. The van der Waals surface area contributed by atoms with Crippen molar-refractivity contribution in [2.24, 2.45) is 5.10 Å². The molecule has 4 N–H and O–H groups in total. The van der Waals surface area contributed by atoms with E-state index in [1.807, 2.05) is 19.9 Å². The fourth-order valence-corrected chi connectivity index (χ4v) is 5.08. The monoisotopic (exact) mass is 589 g/mol. The van der Waals surface area contributed by atoms with Crippen molar-refractivity contribution in [3.63, 3.8) is 0 Å². The molecule has 11 heteroatoms. The Kier molecular flexibility index (Phi) is 9.77. The van der Waals surface area contributed by atoms with Crippen LogP contribution in [0.4, 0.5) is 4.79 Å². The minimum atomic E-state index is -1.10. The third-order valence-corrected chi connectivity index (χ3v) is 7.39. The molecule has 4 rings (SSSR count). The number of aliphatic hydroxyl groups is 1. The number of methoxy groups -OCH3 is 1. The summed E-state index contributed by atoms with van der Waals surface area (Å²) in [4.78, 5) is 24.6. The van der Waals surface area contributed by atoms with Crippen molar-refractivity contribution in [3.8, 4) is 17.2 Å². The summed E-state index contributed by atoms with van der Waals surface area (Å²) in [7, 11) is 1.28. The van der Waals surface area contributed by atoms with Gasteiger partial charge >= 0.3 is 12.0 Å². The molecule has 0 saturated carbocycles. The third-order valence-electron chi connectivity index (χ3n) is 7.39. The number of benzene rings is 2. The predicted molar refractivity (Wildman–Crippen MR) is 164 cm³/mol. The summed E-state index contributed by atoms with van der Waals surface area (Å²) < 4.78 is 18.7. The smallest absolute Gasteiger partial charge is 0.337 e. The van der Waals surface area contributed by atoms with Gasteiger partial charge in [0.1, 0.15) is 6.61 Å². The van der Waals surface area contributed by atoms with Crippen LogP contribution in [0.25, 0.3) is 5.69 Å². The zero-order valence-electron chi connectivity index (χ0n) is 25.6. The molecule has 228 valence electrons. The molecule has 0 aliphatic carbocycles. The molecule has 2 aromatic carbocycles. The van der Waals surface area contributed by atoms with E-state index >= 15 is 0 Å². The molecule has 0 saturated heterocycles. The maximum absolute atomic E-state index is 12.5. The molecule has 0 spiro atoms. The van der Waals surface area contributed by atoms with Gasteiger partial charge in [-0.05, 0) is 82.5 Å². The molecular formula is C32H39N5O6. The van der Waals surface area contributed by atoms with Crippen LogP contribution in [0.2, 0.25) is 0 Å². The van der Waals surface area contributed by atoms with Crippen LogP contribution in [-0.2, 0) is 9.53 Å². The molecule has 2 heterocycles. The summed E-state index contributed by atoms with van der Waals surface area (Å²) in [6.07, 6.45) is 0.572. The van der Waals surface area contributed by atoms with Crippen molar-refractivity contribution in [1.29, 1.82) is 0 Å². The molecule has 1 aliphatic rings. The Labute approximate surface area is 251 Å². The lowest BCUT2D eigenvalue weighted by Gasteiger charge is -2.28. The zero-order valence-corrected chi connectivity index (χ0v) is 25.6. The van der Waals surface area contributed by atoms with Gasteiger partial charge in [-0.25, -0.2) is 9.59 Å². The van der Waals surface area contributed by atoms with Gasteiger partial charge in [-0.2, -0.15) is 5.10 Å². The number of urea groups is 1. The van der Waals surface area contributed by atoms with Crippen molar-refractivity contribution in [1.82, 2.24) is 20.6 Å². The van der Waals surface area contributed by atoms with E-state index in [4.69, 9.17) is 14.2 Å². The molecule has 1 aromatic heterocycles. The minimum Gasteiger partial charge on any atom is -0.490 e. The normalized spacial score (nSPS) is 15.6. The molecule has 2 amide bonds. The number of allylic oxidation sites excluding steroid dienone is 1. The van der Waals surface area contributed by atoms with E-state index in [-0.39, 0.29) is 12.2 Å². The number of ether oxygens (including phenoxy) is 3. The summed E-state index contributed by atoms with van der Waals surface area (Å²) in [5.41, 5.74) is 10.6. The molecule has 2 atom stereocenters. The lowest BCUT2D eigenvalue weighted by atomic mass is 9.95. The first-order valence-electron chi connectivity index (χ1n) is 14.0. The molecule has 0 bridgehead atoms. The molecule has 43 heavy (non-hydrogen) atoms. The van der Waals surface area contributed by atoms with E-state index in [1.165, 1.54) is 18.2 Å². The van der Waals surface area contributed by atoms with Crippen LogP contribution in [0.1, 0.15) is 53.5 Å². The first-order chi connectivity index (χ1) is 20.5. The van der Waals surface area contributed by atoms with Gasteiger partial charge in [-0.15, -0.1) is 0 Å². The van der Waals surface area contributed by atoms with E-state index in [2.05, 4.69) is 64.7 Å². The van der Waals surface area contributed by atoms with E-state index in [9.17, 15) is 14.7 Å². The number of carbonyl (C=O) groups is 2. The van der Waals surface area contributed by atoms with Crippen LogP contribution >= 0.6 is 0 Å². The van der Waals surface area contributed by atoms with Gasteiger partial charge < -0.3 is 34.5 Å². The van der Waals surface area contributed by atoms with E-state index in [0.717, 1.165) is 22.6 Å². The standard InChI is InChI=1S/C32H39N5O6/c1-8-42-27-15-23(30-29(31(39)41-7)21(5)34-32(40)35-30)12-13-26(27)43-17-28(38)36-33-16-24-14-19(3)37(22(24)6)25-11-9-10-18(2)20(25)4/h9-16,28,30,36,38H,8,17H2,1-7H3,(H2,34,35,40)/b33-16-/t28-,30+/m1/s1.